The van der Waals surface area contributed by atoms with E-state index in [9.17, 15) is 4.79 Å². The van der Waals surface area contributed by atoms with Gasteiger partial charge in [0.25, 0.3) is 5.56 Å². The van der Waals surface area contributed by atoms with Crippen molar-refractivity contribution in [2.24, 2.45) is 7.05 Å². The van der Waals surface area contributed by atoms with Crippen LogP contribution in [0.1, 0.15) is 0 Å². The average molecular weight is 229 g/mol. The van der Waals surface area contributed by atoms with Gasteiger partial charge in [0.05, 0.1) is 27.3 Å². The summed E-state index contributed by atoms with van der Waals surface area (Å²) in [5.41, 5.74) is 0.316. The molecular weight excluding hydrogens is 223 g/mol. The molecule has 0 aliphatic rings. The topological polar surface area (TPSA) is 34.9 Å². The van der Waals surface area contributed by atoms with Gasteiger partial charge in [0.2, 0.25) is 0 Å². The third kappa shape index (κ3) is 1.29. The maximum absolute atomic E-state index is 11.6. The fraction of sp³-hybridized carbons (Fsp3) is 0.111. The number of hydrogen-bond acceptors (Lipinski definition) is 2. The number of fused-ring (bicyclic) bond motifs is 1. The van der Waals surface area contributed by atoms with E-state index in [4.69, 9.17) is 23.2 Å². The highest BCUT2D eigenvalue weighted by Gasteiger charge is 2.07. The van der Waals surface area contributed by atoms with Crippen LogP contribution in [0.2, 0.25) is 10.0 Å². The first-order valence-electron chi connectivity index (χ1n) is 3.90. The second-order valence-electron chi connectivity index (χ2n) is 2.92. The Morgan fingerprint density at radius 2 is 2.07 bits per heavy atom. The molecule has 14 heavy (non-hydrogen) atoms. The zero-order valence-corrected chi connectivity index (χ0v) is 8.80. The number of benzene rings is 1. The van der Waals surface area contributed by atoms with E-state index in [0.717, 1.165) is 0 Å². The number of hydrogen-bond donors (Lipinski definition) is 0. The molecule has 0 aliphatic carbocycles. The van der Waals surface area contributed by atoms with Crippen LogP contribution in [-0.2, 0) is 7.05 Å². The van der Waals surface area contributed by atoms with Gasteiger partial charge in [-0.1, -0.05) is 23.2 Å². The van der Waals surface area contributed by atoms with E-state index in [1.165, 1.54) is 10.9 Å². The Bertz CT molecular complexity index is 562. The summed E-state index contributed by atoms with van der Waals surface area (Å²) in [4.78, 5) is 15.7. The summed E-state index contributed by atoms with van der Waals surface area (Å²) in [5.74, 6) is 0. The van der Waals surface area contributed by atoms with Gasteiger partial charge in [0.15, 0.2) is 0 Å². The lowest BCUT2D eigenvalue weighted by molar-refractivity contribution is 0.843. The van der Waals surface area contributed by atoms with E-state index < -0.39 is 0 Å². The van der Waals surface area contributed by atoms with Crippen molar-refractivity contribution in [3.05, 3.63) is 38.9 Å². The Morgan fingerprint density at radius 1 is 1.36 bits per heavy atom. The molecule has 0 radical (unpaired) electrons. The molecule has 0 spiro atoms. The number of rotatable bonds is 0. The van der Waals surface area contributed by atoms with Crippen LogP contribution in [-0.4, -0.2) is 9.55 Å². The Morgan fingerprint density at radius 3 is 2.79 bits per heavy atom. The molecule has 1 aromatic carbocycles. The minimum atomic E-state index is -0.131. The third-order valence-electron chi connectivity index (χ3n) is 1.98. The third-order valence-corrected chi connectivity index (χ3v) is 2.77. The quantitative estimate of drug-likeness (QED) is 0.694. The van der Waals surface area contributed by atoms with E-state index in [1.807, 2.05) is 0 Å². The van der Waals surface area contributed by atoms with Crippen molar-refractivity contribution in [2.75, 3.05) is 0 Å². The van der Waals surface area contributed by atoms with Gasteiger partial charge in [0.1, 0.15) is 0 Å². The summed E-state index contributed by atoms with van der Waals surface area (Å²) in [6.07, 6.45) is 1.42. The highest BCUT2D eigenvalue weighted by Crippen LogP contribution is 2.27. The standard InChI is InChI=1S/C9H6Cl2N2O/c1-13-4-12-8-5(9(13)14)2-3-6(10)7(8)11/h2-4H,1H3. The average Bonchev–Trinajstić information content (AvgIpc) is 2.17. The van der Waals surface area contributed by atoms with Crippen LogP contribution in [0.4, 0.5) is 0 Å². The molecule has 0 fully saturated rings. The fourth-order valence-electron chi connectivity index (χ4n) is 1.23. The normalized spacial score (nSPS) is 10.8. The van der Waals surface area contributed by atoms with Gasteiger partial charge in [-0.25, -0.2) is 4.98 Å². The van der Waals surface area contributed by atoms with Crippen LogP contribution in [0.25, 0.3) is 10.9 Å². The highest BCUT2D eigenvalue weighted by molar-refractivity contribution is 6.44. The van der Waals surface area contributed by atoms with Crippen molar-refractivity contribution >= 4 is 34.1 Å². The van der Waals surface area contributed by atoms with Gasteiger partial charge < -0.3 is 4.57 Å². The van der Waals surface area contributed by atoms with E-state index in [2.05, 4.69) is 4.98 Å². The monoisotopic (exact) mass is 228 g/mol. The number of aromatic nitrogens is 2. The van der Waals surface area contributed by atoms with Gasteiger partial charge in [-0.2, -0.15) is 0 Å². The molecule has 0 aliphatic heterocycles. The fourth-order valence-corrected chi connectivity index (χ4v) is 1.59. The molecule has 0 saturated heterocycles. The SMILES string of the molecule is Cn1cnc2c(Cl)c(Cl)ccc2c1=O. The molecule has 0 N–H and O–H groups in total. The maximum Gasteiger partial charge on any atom is 0.260 e. The first-order valence-corrected chi connectivity index (χ1v) is 4.66. The van der Waals surface area contributed by atoms with Crippen LogP contribution >= 0.6 is 23.2 Å². The lowest BCUT2D eigenvalue weighted by Gasteiger charge is -2.02. The van der Waals surface area contributed by atoms with Crippen LogP contribution in [0.15, 0.2) is 23.3 Å². The second kappa shape index (κ2) is 3.26. The second-order valence-corrected chi connectivity index (χ2v) is 3.70. The summed E-state index contributed by atoms with van der Waals surface area (Å²) in [5, 5.41) is 1.20. The van der Waals surface area contributed by atoms with Gasteiger partial charge in [0, 0.05) is 7.05 Å². The van der Waals surface area contributed by atoms with Crippen LogP contribution in [0.5, 0.6) is 0 Å². The predicted molar refractivity (Wildman–Crippen MR) is 57.0 cm³/mol. The molecule has 2 rings (SSSR count). The van der Waals surface area contributed by atoms with Crippen molar-refractivity contribution in [3.63, 3.8) is 0 Å². The molecule has 1 heterocycles. The molecule has 5 heteroatoms. The lowest BCUT2D eigenvalue weighted by atomic mass is 10.2. The molecule has 2 aromatic rings. The van der Waals surface area contributed by atoms with Crippen LogP contribution < -0.4 is 5.56 Å². The van der Waals surface area contributed by atoms with Gasteiger partial charge in [-0.15, -0.1) is 0 Å². The Hall–Kier alpha value is -1.06. The largest absolute Gasteiger partial charge is 0.302 e. The van der Waals surface area contributed by atoms with E-state index >= 15 is 0 Å². The molecule has 0 unspecified atom stereocenters. The number of halogens is 2. The van der Waals surface area contributed by atoms with Gasteiger partial charge in [-0.3, -0.25) is 4.79 Å². The summed E-state index contributed by atoms with van der Waals surface area (Å²) >= 11 is 11.7. The molecule has 0 bridgehead atoms. The van der Waals surface area contributed by atoms with Crippen molar-refractivity contribution < 1.29 is 0 Å². The first kappa shape index (κ1) is 9.49. The Balaban J connectivity index is 3.02. The minimum Gasteiger partial charge on any atom is -0.302 e. The maximum atomic E-state index is 11.6. The molecule has 3 nitrogen and oxygen atoms in total. The summed E-state index contributed by atoms with van der Waals surface area (Å²) in [7, 11) is 1.64. The summed E-state index contributed by atoms with van der Waals surface area (Å²) in [6, 6.07) is 3.22. The van der Waals surface area contributed by atoms with E-state index in [-0.39, 0.29) is 5.56 Å². The van der Waals surface area contributed by atoms with Crippen molar-refractivity contribution in [1.82, 2.24) is 9.55 Å². The Labute approximate surface area is 89.9 Å². The summed E-state index contributed by atoms with van der Waals surface area (Å²) < 4.78 is 1.40. The summed E-state index contributed by atoms with van der Waals surface area (Å²) in [6.45, 7) is 0. The molecular formula is C9H6Cl2N2O. The zero-order chi connectivity index (χ0) is 10.3. The molecule has 72 valence electrons. The van der Waals surface area contributed by atoms with Gasteiger partial charge in [-0.05, 0) is 12.1 Å². The molecule has 0 saturated carbocycles. The van der Waals surface area contributed by atoms with Crippen LogP contribution in [0, 0.1) is 0 Å². The Kier molecular flexibility index (Phi) is 2.21. The number of aryl methyl sites for hydroxylation is 1. The van der Waals surface area contributed by atoms with E-state index in [1.54, 1.807) is 19.2 Å². The minimum absolute atomic E-state index is 0.131. The molecule has 0 amide bonds. The highest BCUT2D eigenvalue weighted by atomic mass is 35.5. The zero-order valence-electron chi connectivity index (χ0n) is 7.29. The first-order chi connectivity index (χ1) is 6.61. The van der Waals surface area contributed by atoms with Gasteiger partial charge >= 0.3 is 0 Å². The van der Waals surface area contributed by atoms with E-state index in [0.29, 0.717) is 20.9 Å². The van der Waals surface area contributed by atoms with Crippen LogP contribution in [0.3, 0.4) is 0 Å². The molecule has 1 aromatic heterocycles. The van der Waals surface area contributed by atoms with Crippen molar-refractivity contribution in [3.8, 4) is 0 Å². The van der Waals surface area contributed by atoms with Crippen molar-refractivity contribution in [1.29, 1.82) is 0 Å². The number of nitrogens with zero attached hydrogens (tertiary/aromatic N) is 2. The predicted octanol–water partition coefficient (Wildman–Crippen LogP) is 2.24. The smallest absolute Gasteiger partial charge is 0.260 e. The lowest BCUT2D eigenvalue weighted by Crippen LogP contribution is -2.16. The van der Waals surface area contributed by atoms with Crippen molar-refractivity contribution in [2.45, 2.75) is 0 Å². The molecule has 0 atom stereocenters.